The minimum atomic E-state index is -0.259. The minimum absolute atomic E-state index is 0.202. The van der Waals surface area contributed by atoms with Gasteiger partial charge in [-0.3, -0.25) is 14.6 Å². The van der Waals surface area contributed by atoms with E-state index in [1.54, 1.807) is 29.2 Å². The molecule has 3 rings (SSSR count). The lowest BCUT2D eigenvalue weighted by atomic mass is 10.1. The Hall–Kier alpha value is -2.96. The van der Waals surface area contributed by atoms with Crippen molar-refractivity contribution in [3.05, 3.63) is 59.7 Å². The number of pyridine rings is 1. The fourth-order valence-corrected chi connectivity index (χ4v) is 3.29. The van der Waals surface area contributed by atoms with E-state index in [0.717, 1.165) is 6.42 Å². The van der Waals surface area contributed by atoms with Crippen molar-refractivity contribution in [2.45, 2.75) is 20.3 Å². The van der Waals surface area contributed by atoms with Crippen molar-refractivity contribution in [2.24, 2.45) is 5.92 Å². The van der Waals surface area contributed by atoms with Crippen molar-refractivity contribution in [2.75, 3.05) is 37.6 Å². The van der Waals surface area contributed by atoms with Crippen LogP contribution < -0.4 is 10.2 Å². The molecule has 0 aliphatic carbocycles. The number of para-hydroxylation sites is 1. The van der Waals surface area contributed by atoms with E-state index in [9.17, 15) is 14.0 Å². The molecule has 1 aliphatic rings. The molecule has 1 saturated heterocycles. The summed E-state index contributed by atoms with van der Waals surface area (Å²) < 4.78 is 14.0. The van der Waals surface area contributed by atoms with Crippen LogP contribution in [0.15, 0.2) is 42.6 Å². The van der Waals surface area contributed by atoms with E-state index >= 15 is 0 Å². The average molecular weight is 398 g/mol. The smallest absolute Gasteiger partial charge is 0.272 e. The maximum Gasteiger partial charge on any atom is 0.272 e. The molecule has 0 bridgehead atoms. The van der Waals surface area contributed by atoms with E-state index in [4.69, 9.17) is 0 Å². The number of halogens is 1. The van der Waals surface area contributed by atoms with Crippen molar-refractivity contribution in [1.82, 2.24) is 15.2 Å². The van der Waals surface area contributed by atoms with Gasteiger partial charge < -0.3 is 15.1 Å². The van der Waals surface area contributed by atoms with E-state index in [1.165, 1.54) is 18.3 Å². The summed E-state index contributed by atoms with van der Waals surface area (Å²) in [4.78, 5) is 32.9. The zero-order valence-electron chi connectivity index (χ0n) is 16.9. The van der Waals surface area contributed by atoms with E-state index < -0.39 is 0 Å². The molecule has 2 aromatic rings. The lowest BCUT2D eigenvalue weighted by Crippen LogP contribution is -2.49. The topological polar surface area (TPSA) is 65.5 Å². The molecule has 154 valence electrons. The molecular formula is C22H27FN4O2. The lowest BCUT2D eigenvalue weighted by molar-refractivity contribution is 0.0740. The van der Waals surface area contributed by atoms with Gasteiger partial charge in [0.25, 0.3) is 11.8 Å². The first-order chi connectivity index (χ1) is 14.0. The van der Waals surface area contributed by atoms with Gasteiger partial charge in [0.15, 0.2) is 0 Å². The van der Waals surface area contributed by atoms with Crippen molar-refractivity contribution < 1.29 is 14.0 Å². The number of benzene rings is 1. The number of nitrogens with zero attached hydrogens (tertiary/aromatic N) is 3. The van der Waals surface area contributed by atoms with Crippen LogP contribution in [0, 0.1) is 11.7 Å². The molecule has 2 amide bonds. The summed E-state index contributed by atoms with van der Waals surface area (Å²) in [5.41, 5.74) is 1.23. The second kappa shape index (κ2) is 9.49. The standard InChI is InChI=1S/C22H27FN4O2/c1-16(2)7-9-25-21(28)17-8-10-24-19(15-17)22(29)27-13-11-26(12-14-27)20-6-4-3-5-18(20)23/h3-6,8,10,15-16H,7,9,11-14H2,1-2H3,(H,25,28). The van der Waals surface area contributed by atoms with Gasteiger partial charge in [-0.05, 0) is 36.6 Å². The number of anilines is 1. The van der Waals surface area contributed by atoms with E-state index in [1.807, 2.05) is 4.90 Å². The average Bonchev–Trinajstić information content (AvgIpc) is 2.73. The Bertz CT molecular complexity index is 863. The van der Waals surface area contributed by atoms with Crippen LogP contribution >= 0.6 is 0 Å². The molecule has 1 aromatic carbocycles. The van der Waals surface area contributed by atoms with Gasteiger partial charge in [0.1, 0.15) is 11.5 Å². The van der Waals surface area contributed by atoms with Gasteiger partial charge in [0.2, 0.25) is 0 Å². The van der Waals surface area contributed by atoms with Crippen LogP contribution in [-0.4, -0.2) is 54.4 Å². The first kappa shape index (κ1) is 20.8. The summed E-state index contributed by atoms with van der Waals surface area (Å²) in [6.45, 7) is 6.83. The fraction of sp³-hybridized carbons (Fsp3) is 0.409. The molecule has 1 N–H and O–H groups in total. The molecule has 0 saturated carbocycles. The normalized spacial score (nSPS) is 14.2. The molecule has 0 radical (unpaired) electrons. The molecule has 0 atom stereocenters. The lowest BCUT2D eigenvalue weighted by Gasteiger charge is -2.36. The van der Waals surface area contributed by atoms with Crippen molar-refractivity contribution in [1.29, 1.82) is 0 Å². The highest BCUT2D eigenvalue weighted by Gasteiger charge is 2.24. The van der Waals surface area contributed by atoms with Gasteiger partial charge >= 0.3 is 0 Å². The molecule has 6 nitrogen and oxygen atoms in total. The van der Waals surface area contributed by atoms with Gasteiger partial charge in [-0.15, -0.1) is 0 Å². The molecule has 7 heteroatoms. The Kier molecular flexibility index (Phi) is 6.80. The number of carbonyl (C=O) groups excluding carboxylic acids is 2. The summed E-state index contributed by atoms with van der Waals surface area (Å²) in [6, 6.07) is 9.80. The summed E-state index contributed by atoms with van der Waals surface area (Å²) in [7, 11) is 0. The van der Waals surface area contributed by atoms with Crippen LogP contribution in [0.1, 0.15) is 41.1 Å². The number of amides is 2. The predicted molar refractivity (Wildman–Crippen MR) is 111 cm³/mol. The highest BCUT2D eigenvalue weighted by atomic mass is 19.1. The Balaban J connectivity index is 1.60. The molecule has 0 unspecified atom stereocenters. The van der Waals surface area contributed by atoms with E-state index in [2.05, 4.69) is 24.1 Å². The summed E-state index contributed by atoms with van der Waals surface area (Å²) >= 11 is 0. The van der Waals surface area contributed by atoms with Gasteiger partial charge in [-0.1, -0.05) is 26.0 Å². The van der Waals surface area contributed by atoms with Crippen molar-refractivity contribution >= 4 is 17.5 Å². The molecule has 1 aromatic heterocycles. The van der Waals surface area contributed by atoms with Gasteiger partial charge in [0, 0.05) is 44.5 Å². The molecule has 29 heavy (non-hydrogen) atoms. The van der Waals surface area contributed by atoms with Crippen molar-refractivity contribution in [3.63, 3.8) is 0 Å². The maximum atomic E-state index is 14.0. The van der Waals surface area contributed by atoms with Crippen LogP contribution in [0.5, 0.6) is 0 Å². The highest BCUT2D eigenvalue weighted by Crippen LogP contribution is 2.20. The molecule has 1 fully saturated rings. The zero-order chi connectivity index (χ0) is 20.8. The molecule has 2 heterocycles. The number of rotatable bonds is 6. The molecule has 1 aliphatic heterocycles. The first-order valence-electron chi connectivity index (χ1n) is 9.98. The largest absolute Gasteiger partial charge is 0.366 e. The van der Waals surface area contributed by atoms with Crippen LogP contribution in [0.25, 0.3) is 0 Å². The quantitative estimate of drug-likeness (QED) is 0.813. The Labute approximate surface area is 170 Å². The maximum absolute atomic E-state index is 14.0. The first-order valence-corrected chi connectivity index (χ1v) is 9.98. The summed E-state index contributed by atoms with van der Waals surface area (Å²) in [5.74, 6) is -0.167. The van der Waals surface area contributed by atoms with Gasteiger partial charge in [0.05, 0.1) is 5.69 Å². The Morgan fingerprint density at radius 3 is 2.55 bits per heavy atom. The van der Waals surface area contributed by atoms with Crippen LogP contribution in [0.2, 0.25) is 0 Å². The van der Waals surface area contributed by atoms with Gasteiger partial charge in [-0.25, -0.2) is 4.39 Å². The SMILES string of the molecule is CC(C)CCNC(=O)c1ccnc(C(=O)N2CCN(c3ccccc3F)CC2)c1. The fourth-order valence-electron chi connectivity index (χ4n) is 3.29. The Morgan fingerprint density at radius 2 is 1.86 bits per heavy atom. The third-order valence-electron chi connectivity index (χ3n) is 5.01. The summed E-state index contributed by atoms with van der Waals surface area (Å²) in [5, 5.41) is 2.87. The highest BCUT2D eigenvalue weighted by molar-refractivity contribution is 5.98. The summed E-state index contributed by atoms with van der Waals surface area (Å²) in [6.07, 6.45) is 2.38. The zero-order valence-corrected chi connectivity index (χ0v) is 16.9. The van der Waals surface area contributed by atoms with E-state index in [0.29, 0.717) is 49.9 Å². The van der Waals surface area contributed by atoms with Crippen LogP contribution in [0.4, 0.5) is 10.1 Å². The molecule has 0 spiro atoms. The van der Waals surface area contributed by atoms with E-state index in [-0.39, 0.29) is 23.3 Å². The number of nitrogens with one attached hydrogen (secondary N) is 1. The third kappa shape index (κ3) is 5.31. The minimum Gasteiger partial charge on any atom is -0.366 e. The number of hydrogen-bond acceptors (Lipinski definition) is 4. The number of piperazine rings is 1. The van der Waals surface area contributed by atoms with Crippen molar-refractivity contribution in [3.8, 4) is 0 Å². The Morgan fingerprint density at radius 1 is 1.14 bits per heavy atom. The second-order valence-corrected chi connectivity index (χ2v) is 7.60. The molecular weight excluding hydrogens is 371 g/mol. The monoisotopic (exact) mass is 398 g/mol. The second-order valence-electron chi connectivity index (χ2n) is 7.60. The van der Waals surface area contributed by atoms with Crippen LogP contribution in [0.3, 0.4) is 0 Å². The number of aromatic nitrogens is 1. The predicted octanol–water partition coefficient (Wildman–Crippen LogP) is 2.96. The van der Waals surface area contributed by atoms with Gasteiger partial charge in [-0.2, -0.15) is 0 Å². The van der Waals surface area contributed by atoms with Crippen LogP contribution in [-0.2, 0) is 0 Å². The third-order valence-corrected chi connectivity index (χ3v) is 5.01. The number of hydrogen-bond donors (Lipinski definition) is 1. The number of carbonyl (C=O) groups is 2.